The third-order valence-corrected chi connectivity index (χ3v) is 5.59. The van der Waals surface area contributed by atoms with Crippen LogP contribution >= 0.6 is 11.3 Å². The first-order valence-electron chi connectivity index (χ1n) is 8.92. The van der Waals surface area contributed by atoms with Gasteiger partial charge in [-0.25, -0.2) is 13.7 Å². The van der Waals surface area contributed by atoms with Crippen LogP contribution in [0, 0.1) is 6.92 Å². The standard InChI is InChI=1S/C19H17FN6O3S/c1-11-15(5-12(6-21-11)19(28)29-2)24-17(27)14-8-23-26-10-16(30-18(14)26)13-7-22-25(9-13)4-3-20/h5-10H,3-4H2,1-2H3,(H,24,27). The number of methoxy groups -OCH3 is 1. The molecule has 11 heteroatoms. The first-order valence-corrected chi connectivity index (χ1v) is 9.74. The minimum atomic E-state index is -0.540. The van der Waals surface area contributed by atoms with Crippen molar-refractivity contribution < 1.29 is 18.7 Å². The zero-order valence-corrected chi connectivity index (χ0v) is 16.9. The summed E-state index contributed by atoms with van der Waals surface area (Å²) in [6, 6.07) is 1.52. The first-order chi connectivity index (χ1) is 14.5. The lowest BCUT2D eigenvalue weighted by Gasteiger charge is -2.08. The molecular formula is C19H17FN6O3S. The number of aryl methyl sites for hydroxylation is 2. The van der Waals surface area contributed by atoms with E-state index in [1.807, 2.05) is 0 Å². The molecular weight excluding hydrogens is 411 g/mol. The zero-order chi connectivity index (χ0) is 21.3. The SMILES string of the molecule is COC(=O)c1cnc(C)c(NC(=O)c2cnn3cc(-c4cnn(CCF)c4)sc23)c1. The molecule has 0 aliphatic carbocycles. The number of rotatable bonds is 6. The minimum absolute atomic E-state index is 0.189. The quantitative estimate of drug-likeness (QED) is 0.474. The third-order valence-electron chi connectivity index (χ3n) is 4.43. The van der Waals surface area contributed by atoms with Gasteiger partial charge in [0.25, 0.3) is 5.91 Å². The highest BCUT2D eigenvalue weighted by Gasteiger charge is 2.19. The molecule has 0 radical (unpaired) electrons. The van der Waals surface area contributed by atoms with Crippen LogP contribution in [0.15, 0.2) is 37.1 Å². The van der Waals surface area contributed by atoms with Crippen LogP contribution in [0.25, 0.3) is 15.3 Å². The molecule has 0 bridgehead atoms. The molecule has 9 nitrogen and oxygen atoms in total. The predicted octanol–water partition coefficient (Wildman–Crippen LogP) is 2.97. The molecule has 0 spiro atoms. The number of ether oxygens (including phenoxy) is 1. The summed E-state index contributed by atoms with van der Waals surface area (Å²) in [5.41, 5.74) is 2.40. The van der Waals surface area contributed by atoms with E-state index in [4.69, 9.17) is 4.74 Å². The largest absolute Gasteiger partial charge is 0.465 e. The average molecular weight is 428 g/mol. The number of amides is 1. The number of anilines is 1. The number of halogens is 1. The maximum Gasteiger partial charge on any atom is 0.339 e. The summed E-state index contributed by atoms with van der Waals surface area (Å²) >= 11 is 1.37. The zero-order valence-electron chi connectivity index (χ0n) is 16.1. The molecule has 4 aromatic heterocycles. The van der Waals surface area contributed by atoms with E-state index in [1.54, 1.807) is 30.0 Å². The number of pyridine rings is 1. The van der Waals surface area contributed by atoms with Gasteiger partial charge in [-0.1, -0.05) is 0 Å². The van der Waals surface area contributed by atoms with Gasteiger partial charge in [-0.3, -0.25) is 14.5 Å². The number of nitrogens with one attached hydrogen (secondary N) is 1. The molecule has 1 amide bonds. The second-order valence-corrected chi connectivity index (χ2v) is 7.42. The number of fused-ring (bicyclic) bond motifs is 1. The highest BCUT2D eigenvalue weighted by atomic mass is 32.1. The fourth-order valence-electron chi connectivity index (χ4n) is 2.85. The van der Waals surface area contributed by atoms with E-state index in [2.05, 4.69) is 20.5 Å². The van der Waals surface area contributed by atoms with Gasteiger partial charge in [-0.05, 0) is 13.0 Å². The van der Waals surface area contributed by atoms with Crippen molar-refractivity contribution >= 4 is 33.7 Å². The Kier molecular flexibility index (Phi) is 5.27. The van der Waals surface area contributed by atoms with Gasteiger partial charge in [0, 0.05) is 24.2 Å². The minimum Gasteiger partial charge on any atom is -0.465 e. The van der Waals surface area contributed by atoms with Crippen LogP contribution in [-0.4, -0.2) is 50.0 Å². The predicted molar refractivity (Wildman–Crippen MR) is 109 cm³/mol. The van der Waals surface area contributed by atoms with Crippen LogP contribution in [0.5, 0.6) is 0 Å². The second kappa shape index (κ2) is 8.03. The number of alkyl halides is 1. The second-order valence-electron chi connectivity index (χ2n) is 6.39. The summed E-state index contributed by atoms with van der Waals surface area (Å²) in [5, 5.41) is 11.1. The van der Waals surface area contributed by atoms with Gasteiger partial charge in [0.2, 0.25) is 0 Å². The van der Waals surface area contributed by atoms with Gasteiger partial charge in [0.15, 0.2) is 0 Å². The van der Waals surface area contributed by atoms with E-state index in [-0.39, 0.29) is 18.0 Å². The Bertz CT molecular complexity index is 1240. The molecule has 1 N–H and O–H groups in total. The number of hydrogen-bond donors (Lipinski definition) is 1. The Morgan fingerprint density at radius 2 is 2.07 bits per heavy atom. The van der Waals surface area contributed by atoms with E-state index in [0.29, 0.717) is 21.8 Å². The van der Waals surface area contributed by atoms with Gasteiger partial charge < -0.3 is 10.1 Å². The summed E-state index contributed by atoms with van der Waals surface area (Å²) in [5.74, 6) is -0.916. The molecule has 0 fully saturated rings. The Morgan fingerprint density at radius 1 is 1.23 bits per heavy atom. The average Bonchev–Trinajstić information content (AvgIpc) is 3.44. The van der Waals surface area contributed by atoms with Crippen molar-refractivity contribution in [3.63, 3.8) is 0 Å². The molecule has 4 aromatic rings. The van der Waals surface area contributed by atoms with Crippen molar-refractivity contribution in [2.24, 2.45) is 0 Å². The van der Waals surface area contributed by atoms with E-state index >= 15 is 0 Å². The van der Waals surface area contributed by atoms with Gasteiger partial charge in [0.05, 0.1) is 53.4 Å². The van der Waals surface area contributed by atoms with E-state index in [1.165, 1.54) is 41.6 Å². The van der Waals surface area contributed by atoms with Gasteiger partial charge in [-0.2, -0.15) is 10.2 Å². The first kappa shape index (κ1) is 19.7. The molecule has 0 aliphatic rings. The normalized spacial score (nSPS) is 11.0. The van der Waals surface area contributed by atoms with Crippen LogP contribution < -0.4 is 5.32 Å². The van der Waals surface area contributed by atoms with Crippen molar-refractivity contribution in [3.05, 3.63) is 53.9 Å². The fraction of sp³-hybridized carbons (Fsp3) is 0.211. The lowest BCUT2D eigenvalue weighted by Crippen LogP contribution is -2.14. The van der Waals surface area contributed by atoms with Crippen molar-refractivity contribution in [3.8, 4) is 10.4 Å². The van der Waals surface area contributed by atoms with Crippen LogP contribution in [0.3, 0.4) is 0 Å². The van der Waals surface area contributed by atoms with Crippen molar-refractivity contribution in [1.82, 2.24) is 24.4 Å². The highest BCUT2D eigenvalue weighted by Crippen LogP contribution is 2.30. The third kappa shape index (κ3) is 3.66. The summed E-state index contributed by atoms with van der Waals surface area (Å²) in [4.78, 5) is 30.2. The number of carbonyl (C=O) groups excluding carboxylic acids is 2. The van der Waals surface area contributed by atoms with Crippen LogP contribution in [0.2, 0.25) is 0 Å². The summed E-state index contributed by atoms with van der Waals surface area (Å²) in [6.07, 6.45) is 8.05. The Morgan fingerprint density at radius 3 is 2.83 bits per heavy atom. The Balaban J connectivity index is 1.61. The molecule has 0 aliphatic heterocycles. The van der Waals surface area contributed by atoms with Crippen molar-refractivity contribution in [2.45, 2.75) is 13.5 Å². The number of hydrogen-bond acceptors (Lipinski definition) is 7. The number of nitrogens with zero attached hydrogens (tertiary/aromatic N) is 5. The lowest BCUT2D eigenvalue weighted by molar-refractivity contribution is 0.0600. The van der Waals surface area contributed by atoms with Crippen LogP contribution in [0.4, 0.5) is 10.1 Å². The molecule has 4 heterocycles. The van der Waals surface area contributed by atoms with Crippen LogP contribution in [-0.2, 0) is 11.3 Å². The molecule has 0 unspecified atom stereocenters. The van der Waals surface area contributed by atoms with Crippen molar-refractivity contribution in [2.75, 3.05) is 19.1 Å². The monoisotopic (exact) mass is 428 g/mol. The highest BCUT2D eigenvalue weighted by molar-refractivity contribution is 7.21. The van der Waals surface area contributed by atoms with Gasteiger partial charge >= 0.3 is 5.97 Å². The maximum atomic E-state index is 12.9. The topological polar surface area (TPSA) is 103 Å². The van der Waals surface area contributed by atoms with E-state index < -0.39 is 12.6 Å². The van der Waals surface area contributed by atoms with E-state index in [9.17, 15) is 14.0 Å². The molecule has 0 saturated carbocycles. The molecule has 0 aromatic carbocycles. The maximum absolute atomic E-state index is 12.9. The lowest BCUT2D eigenvalue weighted by atomic mass is 10.2. The van der Waals surface area contributed by atoms with Gasteiger partial charge in [-0.15, -0.1) is 11.3 Å². The molecule has 154 valence electrons. The fourth-order valence-corrected chi connectivity index (χ4v) is 3.89. The number of carbonyl (C=O) groups is 2. The summed E-state index contributed by atoms with van der Waals surface area (Å²) < 4.78 is 20.3. The summed E-state index contributed by atoms with van der Waals surface area (Å²) in [6.45, 7) is 1.42. The Labute approximate surface area is 174 Å². The van der Waals surface area contributed by atoms with E-state index in [0.717, 1.165) is 10.4 Å². The smallest absolute Gasteiger partial charge is 0.339 e. The molecule has 4 rings (SSSR count). The number of thiazole rings is 1. The molecule has 0 saturated heterocycles. The van der Waals surface area contributed by atoms with Gasteiger partial charge in [0.1, 0.15) is 11.5 Å². The number of aromatic nitrogens is 5. The van der Waals surface area contributed by atoms with Crippen molar-refractivity contribution in [1.29, 1.82) is 0 Å². The molecule has 0 atom stereocenters. The summed E-state index contributed by atoms with van der Waals surface area (Å²) in [7, 11) is 1.28. The van der Waals surface area contributed by atoms with Crippen LogP contribution in [0.1, 0.15) is 26.4 Å². The molecule has 30 heavy (non-hydrogen) atoms. The Hall–Kier alpha value is -3.60. The number of esters is 1.